The Morgan fingerprint density at radius 3 is 2.35 bits per heavy atom. The molecule has 0 saturated heterocycles. The lowest BCUT2D eigenvalue weighted by Crippen LogP contribution is -2.09. The number of hydrogen-bond acceptors (Lipinski definition) is 4. The first-order valence-corrected chi connectivity index (χ1v) is 5.95. The van der Waals surface area contributed by atoms with Crippen LogP contribution < -0.4 is 15.2 Å². The minimum Gasteiger partial charge on any atom is -0.454 e. The Kier molecular flexibility index (Phi) is 3.54. The number of ether oxygens (including phenoxy) is 2. The monoisotopic (exact) mass is 237 g/mol. The fraction of sp³-hybridized carbons (Fsp3) is 0.538. The van der Waals surface area contributed by atoms with Gasteiger partial charge in [0, 0.05) is 0 Å². The molecule has 4 heteroatoms. The Balaban J connectivity index is 2.41. The fourth-order valence-electron chi connectivity index (χ4n) is 2.08. The number of nitrogens with two attached hydrogens (primary N) is 1. The molecule has 1 aromatic rings. The Morgan fingerprint density at radius 1 is 1.24 bits per heavy atom. The number of rotatable bonds is 4. The summed E-state index contributed by atoms with van der Waals surface area (Å²) in [4.78, 5) is 0. The van der Waals surface area contributed by atoms with Gasteiger partial charge in [0.05, 0.1) is 6.10 Å². The van der Waals surface area contributed by atoms with Crippen molar-refractivity contribution < 1.29 is 14.6 Å². The Bertz CT molecular complexity index is 404. The second kappa shape index (κ2) is 4.94. The van der Waals surface area contributed by atoms with Crippen LogP contribution in [0, 0.1) is 0 Å². The van der Waals surface area contributed by atoms with E-state index in [2.05, 4.69) is 13.8 Å². The van der Waals surface area contributed by atoms with Crippen LogP contribution in [-0.2, 0) is 0 Å². The summed E-state index contributed by atoms with van der Waals surface area (Å²) in [5, 5.41) is 10.1. The molecule has 94 valence electrons. The quantitative estimate of drug-likeness (QED) is 0.839. The lowest BCUT2D eigenvalue weighted by Gasteiger charge is -2.18. The number of benzene rings is 1. The molecule has 17 heavy (non-hydrogen) atoms. The van der Waals surface area contributed by atoms with E-state index in [-0.39, 0.29) is 6.79 Å². The molecule has 0 fully saturated rings. The molecule has 1 unspecified atom stereocenters. The van der Waals surface area contributed by atoms with Crippen molar-refractivity contribution >= 4 is 0 Å². The Morgan fingerprint density at radius 2 is 1.82 bits per heavy atom. The highest BCUT2D eigenvalue weighted by atomic mass is 16.7. The molecule has 0 radical (unpaired) electrons. The zero-order valence-electron chi connectivity index (χ0n) is 10.3. The summed E-state index contributed by atoms with van der Waals surface area (Å²) in [6.07, 6.45) is 0.0196. The predicted molar refractivity (Wildman–Crippen MR) is 65.3 cm³/mol. The van der Waals surface area contributed by atoms with Gasteiger partial charge in [-0.15, -0.1) is 0 Å². The van der Waals surface area contributed by atoms with Crippen molar-refractivity contribution in [2.45, 2.75) is 32.3 Å². The average Bonchev–Trinajstić information content (AvgIpc) is 2.74. The van der Waals surface area contributed by atoms with Crippen LogP contribution in [0.2, 0.25) is 0 Å². The van der Waals surface area contributed by atoms with Crippen molar-refractivity contribution in [3.8, 4) is 11.5 Å². The zero-order chi connectivity index (χ0) is 12.4. The second-order valence-corrected chi connectivity index (χ2v) is 4.58. The third-order valence-corrected chi connectivity index (χ3v) is 3.00. The Hall–Kier alpha value is -1.26. The third-order valence-electron chi connectivity index (χ3n) is 3.00. The number of hydrogen-bond donors (Lipinski definition) is 2. The molecule has 3 N–H and O–H groups in total. The normalized spacial score (nSPS) is 15.4. The number of fused-ring (bicyclic) bond motifs is 1. The van der Waals surface area contributed by atoms with Gasteiger partial charge in [-0.3, -0.25) is 0 Å². The van der Waals surface area contributed by atoms with Gasteiger partial charge in [-0.25, -0.2) is 0 Å². The maximum atomic E-state index is 10.1. The van der Waals surface area contributed by atoms with Crippen molar-refractivity contribution in [2.24, 2.45) is 5.73 Å². The standard InChI is InChI=1S/C13H19NO3/c1-8(2)9-5-12-13(17-7-16-12)6-10(9)11(15)3-4-14/h5-6,8,11,15H,3-4,7,14H2,1-2H3. The minimum absolute atomic E-state index is 0.253. The summed E-state index contributed by atoms with van der Waals surface area (Å²) in [7, 11) is 0. The van der Waals surface area contributed by atoms with Crippen LogP contribution in [0.15, 0.2) is 12.1 Å². The topological polar surface area (TPSA) is 64.7 Å². The van der Waals surface area contributed by atoms with Gasteiger partial charge in [0.2, 0.25) is 6.79 Å². The summed E-state index contributed by atoms with van der Waals surface area (Å²) in [6.45, 7) is 4.91. The molecule has 4 nitrogen and oxygen atoms in total. The van der Waals surface area contributed by atoms with Crippen LogP contribution in [0.4, 0.5) is 0 Å². The molecule has 2 rings (SSSR count). The van der Waals surface area contributed by atoms with Crippen LogP contribution in [0.25, 0.3) is 0 Å². The van der Waals surface area contributed by atoms with Crippen LogP contribution >= 0.6 is 0 Å². The van der Waals surface area contributed by atoms with Gasteiger partial charge in [0.1, 0.15) is 0 Å². The van der Waals surface area contributed by atoms with E-state index in [0.717, 1.165) is 16.9 Å². The summed E-state index contributed by atoms with van der Waals surface area (Å²) >= 11 is 0. The molecule has 1 aliphatic heterocycles. The summed E-state index contributed by atoms with van der Waals surface area (Å²) in [6, 6.07) is 3.83. The molecule has 1 aliphatic rings. The van der Waals surface area contributed by atoms with E-state index in [1.165, 1.54) is 0 Å². The molecule has 0 amide bonds. The summed E-state index contributed by atoms with van der Waals surface area (Å²) < 4.78 is 10.7. The van der Waals surface area contributed by atoms with Crippen molar-refractivity contribution in [1.29, 1.82) is 0 Å². The minimum atomic E-state index is -0.535. The maximum absolute atomic E-state index is 10.1. The first-order valence-electron chi connectivity index (χ1n) is 5.95. The highest BCUT2D eigenvalue weighted by Crippen LogP contribution is 2.39. The first kappa shape index (κ1) is 12.2. The van der Waals surface area contributed by atoms with Crippen LogP contribution in [0.1, 0.15) is 43.4 Å². The Labute approximate surface area is 101 Å². The smallest absolute Gasteiger partial charge is 0.231 e. The molecule has 1 atom stereocenters. The summed E-state index contributed by atoms with van der Waals surface area (Å²) in [5.74, 6) is 1.80. The second-order valence-electron chi connectivity index (χ2n) is 4.58. The van der Waals surface area contributed by atoms with Gasteiger partial charge in [-0.1, -0.05) is 13.8 Å². The fourth-order valence-corrected chi connectivity index (χ4v) is 2.08. The molecule has 0 aliphatic carbocycles. The van der Waals surface area contributed by atoms with Gasteiger partial charge in [-0.05, 0) is 42.1 Å². The first-order chi connectivity index (χ1) is 8.13. The molecular weight excluding hydrogens is 218 g/mol. The van der Waals surface area contributed by atoms with Gasteiger partial charge < -0.3 is 20.3 Å². The van der Waals surface area contributed by atoms with Crippen LogP contribution in [-0.4, -0.2) is 18.4 Å². The van der Waals surface area contributed by atoms with Gasteiger partial charge in [-0.2, -0.15) is 0 Å². The average molecular weight is 237 g/mol. The molecule has 1 aromatic carbocycles. The lowest BCUT2D eigenvalue weighted by molar-refractivity contribution is 0.166. The van der Waals surface area contributed by atoms with E-state index < -0.39 is 6.10 Å². The van der Waals surface area contributed by atoms with Crippen LogP contribution in [0.3, 0.4) is 0 Å². The van der Waals surface area contributed by atoms with Gasteiger partial charge >= 0.3 is 0 Å². The van der Waals surface area contributed by atoms with Crippen LogP contribution in [0.5, 0.6) is 11.5 Å². The van der Waals surface area contributed by atoms with Gasteiger partial charge in [0.25, 0.3) is 0 Å². The molecule has 0 bridgehead atoms. The van der Waals surface area contributed by atoms with Crippen molar-refractivity contribution in [3.05, 3.63) is 23.3 Å². The van der Waals surface area contributed by atoms with E-state index in [9.17, 15) is 5.11 Å². The molecule has 0 spiro atoms. The number of aliphatic hydroxyl groups excluding tert-OH is 1. The van der Waals surface area contributed by atoms with E-state index in [0.29, 0.717) is 24.6 Å². The maximum Gasteiger partial charge on any atom is 0.231 e. The molecular formula is C13H19NO3. The molecule has 1 heterocycles. The van der Waals surface area contributed by atoms with Gasteiger partial charge in [0.15, 0.2) is 11.5 Å². The summed E-state index contributed by atoms with van der Waals surface area (Å²) in [5.41, 5.74) is 7.48. The van der Waals surface area contributed by atoms with E-state index in [4.69, 9.17) is 15.2 Å². The SMILES string of the molecule is CC(C)c1cc2c(cc1C(O)CCN)OCO2. The largest absolute Gasteiger partial charge is 0.454 e. The number of aliphatic hydroxyl groups is 1. The van der Waals surface area contributed by atoms with E-state index >= 15 is 0 Å². The molecule has 0 saturated carbocycles. The highest BCUT2D eigenvalue weighted by molar-refractivity contribution is 5.50. The van der Waals surface area contributed by atoms with E-state index in [1.54, 1.807) is 0 Å². The van der Waals surface area contributed by atoms with E-state index in [1.807, 2.05) is 12.1 Å². The van der Waals surface area contributed by atoms with Crippen molar-refractivity contribution in [3.63, 3.8) is 0 Å². The third kappa shape index (κ3) is 2.37. The lowest BCUT2D eigenvalue weighted by atomic mass is 9.92. The molecule has 0 aromatic heterocycles. The van der Waals surface area contributed by atoms with Crippen molar-refractivity contribution in [2.75, 3.05) is 13.3 Å². The highest BCUT2D eigenvalue weighted by Gasteiger charge is 2.21. The van der Waals surface area contributed by atoms with Crippen molar-refractivity contribution in [1.82, 2.24) is 0 Å². The zero-order valence-corrected chi connectivity index (χ0v) is 10.3. The predicted octanol–water partition coefficient (Wildman–Crippen LogP) is 1.92.